The summed E-state index contributed by atoms with van der Waals surface area (Å²) < 4.78 is 42.6. The molecule has 46 heavy (non-hydrogen) atoms. The molecule has 0 spiro atoms. The van der Waals surface area contributed by atoms with E-state index >= 15 is 0 Å². The lowest BCUT2D eigenvalue weighted by Gasteiger charge is -2.23. The Morgan fingerprint density at radius 2 is 1.76 bits per heavy atom. The summed E-state index contributed by atoms with van der Waals surface area (Å²) in [7, 11) is 0. The van der Waals surface area contributed by atoms with Crippen LogP contribution in [-0.4, -0.2) is 52.1 Å². The number of aliphatic hydroxyl groups is 1. The molecule has 3 amide bonds. The number of carboxylic acids is 1. The molecule has 1 heterocycles. The predicted molar refractivity (Wildman–Crippen MR) is 167 cm³/mol. The summed E-state index contributed by atoms with van der Waals surface area (Å²) in [5.74, 6) is -2.45. The average molecular weight is 655 g/mol. The molecule has 0 saturated carbocycles. The lowest BCUT2D eigenvalue weighted by atomic mass is 9.93. The number of benzene rings is 3. The van der Waals surface area contributed by atoms with Crippen molar-refractivity contribution in [2.45, 2.75) is 44.7 Å². The van der Waals surface area contributed by atoms with E-state index in [0.29, 0.717) is 16.0 Å². The van der Waals surface area contributed by atoms with Crippen LogP contribution in [-0.2, 0) is 11.3 Å². The number of urea groups is 1. The molecule has 1 aliphatic rings. The van der Waals surface area contributed by atoms with E-state index < -0.39 is 42.7 Å². The minimum absolute atomic E-state index is 0.0853. The summed E-state index contributed by atoms with van der Waals surface area (Å²) >= 11 is 1.09. The Balaban J connectivity index is 1.36. The maximum Gasteiger partial charge on any atom is 0.573 e. The Morgan fingerprint density at radius 3 is 2.41 bits per heavy atom. The van der Waals surface area contributed by atoms with Gasteiger partial charge < -0.3 is 20.3 Å². The third-order valence-electron chi connectivity index (χ3n) is 7.19. The number of aromatic nitrogens is 1. The van der Waals surface area contributed by atoms with Crippen molar-refractivity contribution in [2.75, 3.05) is 16.8 Å². The molecule has 4 aromatic rings. The van der Waals surface area contributed by atoms with E-state index in [-0.39, 0.29) is 22.8 Å². The van der Waals surface area contributed by atoms with E-state index in [1.807, 2.05) is 24.3 Å². The summed E-state index contributed by atoms with van der Waals surface area (Å²) in [6, 6.07) is 17.1. The minimum Gasteiger partial charge on any atom is -0.479 e. The van der Waals surface area contributed by atoms with Crippen LogP contribution in [0.25, 0.3) is 15.8 Å². The smallest absolute Gasteiger partial charge is 0.479 e. The first-order valence-electron chi connectivity index (χ1n) is 14.3. The monoisotopic (exact) mass is 654 g/mol. The number of nitrogens with zero attached hydrogens (tertiary/aromatic N) is 2. The molecule has 1 atom stereocenters. The fourth-order valence-corrected chi connectivity index (χ4v) is 5.71. The number of rotatable bonds is 10. The molecule has 0 saturated heterocycles. The van der Waals surface area contributed by atoms with Gasteiger partial charge in [0, 0.05) is 17.3 Å². The number of carbonyl (C=O) groups is 3. The van der Waals surface area contributed by atoms with Crippen molar-refractivity contribution in [3.05, 3.63) is 89.5 Å². The highest BCUT2D eigenvalue weighted by atomic mass is 32.1. The number of aliphatic carboxylic acids is 1. The number of ether oxygens (including phenoxy) is 1. The summed E-state index contributed by atoms with van der Waals surface area (Å²) in [5.41, 5.74) is 4.00. The van der Waals surface area contributed by atoms with Crippen molar-refractivity contribution in [2.24, 2.45) is 0 Å². The molecule has 0 unspecified atom stereocenters. The fraction of sp³-hybridized carbons (Fsp3) is 0.250. The van der Waals surface area contributed by atoms with Gasteiger partial charge in [-0.2, -0.15) is 0 Å². The van der Waals surface area contributed by atoms with E-state index in [2.05, 4.69) is 26.4 Å². The maximum absolute atomic E-state index is 13.7. The van der Waals surface area contributed by atoms with Gasteiger partial charge in [-0.25, -0.2) is 14.6 Å². The van der Waals surface area contributed by atoms with E-state index in [1.54, 1.807) is 12.1 Å². The molecule has 3 aromatic carbocycles. The molecule has 240 valence electrons. The average Bonchev–Trinajstić information content (AvgIpc) is 3.43. The molecule has 14 heteroatoms. The normalized spacial score (nSPS) is 13.9. The van der Waals surface area contributed by atoms with Crippen LogP contribution in [0, 0.1) is 0 Å². The number of carbonyl (C=O) groups excluding carboxylic acids is 2. The van der Waals surface area contributed by atoms with Crippen LogP contribution in [0.3, 0.4) is 0 Å². The number of amides is 3. The number of allylic oxidation sites excluding steroid dienone is 2. The first kappa shape index (κ1) is 32.4. The number of hydrogen-bond acceptors (Lipinski definition) is 7. The molecule has 4 N–H and O–H groups in total. The van der Waals surface area contributed by atoms with Crippen LogP contribution >= 0.6 is 11.3 Å². The quantitative estimate of drug-likeness (QED) is 0.152. The number of alkyl halides is 3. The second-order valence-electron chi connectivity index (χ2n) is 10.5. The number of anilines is 2. The second-order valence-corrected chi connectivity index (χ2v) is 11.5. The Morgan fingerprint density at radius 1 is 1.02 bits per heavy atom. The van der Waals surface area contributed by atoms with Gasteiger partial charge in [-0.1, -0.05) is 41.7 Å². The lowest BCUT2D eigenvalue weighted by molar-refractivity contribution is -0.274. The molecule has 0 aliphatic heterocycles. The third-order valence-corrected chi connectivity index (χ3v) is 8.14. The number of hydrogen-bond donors (Lipinski definition) is 4. The molecular weight excluding hydrogens is 625 g/mol. The van der Waals surface area contributed by atoms with E-state index in [1.165, 1.54) is 34.7 Å². The summed E-state index contributed by atoms with van der Waals surface area (Å²) in [6.07, 6.45) is -0.0962. The molecule has 1 aliphatic carbocycles. The van der Waals surface area contributed by atoms with E-state index in [9.17, 15) is 32.7 Å². The van der Waals surface area contributed by atoms with Crippen LogP contribution in [0.2, 0.25) is 0 Å². The summed E-state index contributed by atoms with van der Waals surface area (Å²) in [5, 5.41) is 23.5. The first-order chi connectivity index (χ1) is 21.9. The summed E-state index contributed by atoms with van der Waals surface area (Å²) in [6.45, 7) is -0.374. The van der Waals surface area contributed by atoms with Crippen molar-refractivity contribution < 1.29 is 42.5 Å². The zero-order valence-electron chi connectivity index (χ0n) is 24.2. The zero-order chi connectivity index (χ0) is 32.8. The zero-order valence-corrected chi connectivity index (χ0v) is 25.0. The standard InChI is InChI=1S/C32H29F3N4O6S/c33-32(34,35)45-24-14-15-27-25(16-24)37-30(46-27)38-31(44)39(23-12-10-21(11-13-23)20-4-2-1-3-5-20)18-19-6-8-22(9-7-19)28(41)36-17-26(40)29(42)43/h4,6-16,26,40H,1-3,5,17-18H2,(H,36,41)(H,42,43)(H,37,38,44)/t26-/m1/s1. The molecule has 0 fully saturated rings. The second kappa shape index (κ2) is 14.0. The molecule has 5 rings (SSSR count). The minimum atomic E-state index is -4.85. The van der Waals surface area contributed by atoms with Gasteiger partial charge in [-0.3, -0.25) is 15.0 Å². The van der Waals surface area contributed by atoms with E-state index in [0.717, 1.165) is 48.6 Å². The van der Waals surface area contributed by atoms with Crippen molar-refractivity contribution >= 4 is 55.9 Å². The number of halogens is 3. The van der Waals surface area contributed by atoms with Crippen LogP contribution in [0.1, 0.15) is 47.2 Å². The van der Waals surface area contributed by atoms with Crippen LogP contribution in [0.15, 0.2) is 72.8 Å². The van der Waals surface area contributed by atoms with Crippen LogP contribution in [0.5, 0.6) is 5.75 Å². The van der Waals surface area contributed by atoms with Crippen LogP contribution < -0.4 is 20.3 Å². The predicted octanol–water partition coefficient (Wildman–Crippen LogP) is 6.57. The van der Waals surface area contributed by atoms with Gasteiger partial charge in [0.25, 0.3) is 5.91 Å². The highest BCUT2D eigenvalue weighted by Crippen LogP contribution is 2.32. The van der Waals surface area contributed by atoms with Gasteiger partial charge in [0.15, 0.2) is 11.2 Å². The first-order valence-corrected chi connectivity index (χ1v) is 15.1. The highest BCUT2D eigenvalue weighted by Gasteiger charge is 2.31. The molecule has 0 bridgehead atoms. The lowest BCUT2D eigenvalue weighted by Crippen LogP contribution is -2.36. The Kier molecular flexibility index (Phi) is 9.87. The van der Waals surface area contributed by atoms with Crippen molar-refractivity contribution in [3.63, 3.8) is 0 Å². The van der Waals surface area contributed by atoms with Crippen molar-refractivity contribution in [1.29, 1.82) is 0 Å². The van der Waals surface area contributed by atoms with Gasteiger partial charge >= 0.3 is 18.4 Å². The van der Waals surface area contributed by atoms with E-state index in [4.69, 9.17) is 5.11 Å². The SMILES string of the molecule is O=C(NC[C@@H](O)C(=O)O)c1ccc(CN(C(=O)Nc2nc3cc(OC(F)(F)F)ccc3s2)c2ccc(C3=CCCCC3)cc2)cc1. The van der Waals surface area contributed by atoms with Gasteiger partial charge in [-0.05, 0) is 78.8 Å². The Hall–Kier alpha value is -4.95. The number of thiazole rings is 1. The molecule has 0 radical (unpaired) electrons. The summed E-state index contributed by atoms with van der Waals surface area (Å²) in [4.78, 5) is 42.6. The topological polar surface area (TPSA) is 141 Å². The highest BCUT2D eigenvalue weighted by molar-refractivity contribution is 7.22. The van der Waals surface area contributed by atoms with Gasteiger partial charge in [0.2, 0.25) is 0 Å². The van der Waals surface area contributed by atoms with Crippen molar-refractivity contribution in [1.82, 2.24) is 10.3 Å². The van der Waals surface area contributed by atoms with Crippen molar-refractivity contribution in [3.8, 4) is 5.75 Å². The molecular formula is C32H29F3N4O6S. The fourth-order valence-electron chi connectivity index (χ4n) is 4.88. The maximum atomic E-state index is 13.7. The van der Waals surface area contributed by atoms with Crippen LogP contribution in [0.4, 0.5) is 28.8 Å². The third kappa shape index (κ3) is 8.40. The van der Waals surface area contributed by atoms with Gasteiger partial charge in [0.1, 0.15) is 5.75 Å². The number of carboxylic acid groups (broad SMARTS) is 1. The molecule has 1 aromatic heterocycles. The number of nitrogens with one attached hydrogen (secondary N) is 2. The van der Waals surface area contributed by atoms with Gasteiger partial charge in [-0.15, -0.1) is 13.2 Å². The number of aliphatic hydroxyl groups excluding tert-OH is 1. The Labute approximate surface area is 265 Å². The van der Waals surface area contributed by atoms with Gasteiger partial charge in [0.05, 0.1) is 23.3 Å². The Bertz CT molecular complexity index is 1760. The number of fused-ring (bicyclic) bond motifs is 1. The largest absolute Gasteiger partial charge is 0.573 e. The molecule has 10 nitrogen and oxygen atoms in total.